The van der Waals surface area contributed by atoms with Crippen molar-refractivity contribution in [1.29, 1.82) is 0 Å². The minimum atomic E-state index is 1.07. The molecule has 1 aromatic rings. The largest absolute Gasteiger partial charge is 0.272 e. The molecule has 0 unspecified atom stereocenters. The summed E-state index contributed by atoms with van der Waals surface area (Å²) in [4.78, 5) is 0. The van der Waals surface area contributed by atoms with Gasteiger partial charge in [0.15, 0.2) is 0 Å². The van der Waals surface area contributed by atoms with Gasteiger partial charge in [-0.05, 0) is 25.3 Å². The van der Waals surface area contributed by atoms with Gasteiger partial charge in [-0.25, -0.2) is 0 Å². The number of nitrogens with zero attached hydrogens (tertiary/aromatic N) is 2. The molecule has 80 valence electrons. The first-order valence-electron chi connectivity index (χ1n) is 5.89. The maximum absolute atomic E-state index is 4.54. The Hall–Kier alpha value is -0.790. The highest BCUT2D eigenvalue weighted by molar-refractivity contribution is 4.98. The van der Waals surface area contributed by atoms with Crippen molar-refractivity contribution in [2.45, 2.75) is 58.9 Å². The minimum Gasteiger partial charge on any atom is -0.272 e. The Kier molecular flexibility index (Phi) is 5.35. The van der Waals surface area contributed by atoms with Crippen molar-refractivity contribution in [2.75, 3.05) is 0 Å². The van der Waals surface area contributed by atoms with Crippen LogP contribution in [0.3, 0.4) is 0 Å². The van der Waals surface area contributed by atoms with Gasteiger partial charge in [-0.15, -0.1) is 0 Å². The van der Waals surface area contributed by atoms with Crippen LogP contribution in [0, 0.1) is 0 Å². The highest BCUT2D eigenvalue weighted by Crippen LogP contribution is 2.04. The molecule has 0 bridgehead atoms. The summed E-state index contributed by atoms with van der Waals surface area (Å²) in [5, 5.41) is 4.54. The number of rotatable bonds is 7. The Morgan fingerprint density at radius 1 is 1.14 bits per heavy atom. The smallest absolute Gasteiger partial charge is 0.0624 e. The van der Waals surface area contributed by atoms with Gasteiger partial charge < -0.3 is 0 Å². The van der Waals surface area contributed by atoms with E-state index in [4.69, 9.17) is 0 Å². The third kappa shape index (κ3) is 3.95. The third-order valence-electron chi connectivity index (χ3n) is 2.47. The molecule has 2 heteroatoms. The molecule has 1 aromatic heterocycles. The van der Waals surface area contributed by atoms with Crippen LogP contribution in [0.15, 0.2) is 12.3 Å². The average Bonchev–Trinajstić information content (AvgIpc) is 2.63. The predicted molar refractivity (Wildman–Crippen MR) is 60.4 cm³/mol. The van der Waals surface area contributed by atoms with Gasteiger partial charge in [0.2, 0.25) is 0 Å². The van der Waals surface area contributed by atoms with E-state index < -0.39 is 0 Å². The Morgan fingerprint density at radius 2 is 1.93 bits per heavy atom. The van der Waals surface area contributed by atoms with E-state index >= 15 is 0 Å². The summed E-state index contributed by atoms with van der Waals surface area (Å²) in [7, 11) is 0. The van der Waals surface area contributed by atoms with Crippen molar-refractivity contribution >= 4 is 0 Å². The molecule has 0 aromatic carbocycles. The molecule has 0 saturated heterocycles. The van der Waals surface area contributed by atoms with E-state index in [0.29, 0.717) is 0 Å². The SMILES string of the molecule is CCCCCc1ccn(CCCC)n1. The standard InChI is InChI=1S/C12H22N2/c1-3-5-7-8-12-9-11-14(13-12)10-6-4-2/h9,11H,3-8,10H2,1-2H3. The first-order valence-corrected chi connectivity index (χ1v) is 5.89. The fraction of sp³-hybridized carbons (Fsp3) is 0.750. The topological polar surface area (TPSA) is 17.8 Å². The summed E-state index contributed by atoms with van der Waals surface area (Å²) in [5.74, 6) is 0. The Bertz CT molecular complexity index is 240. The quantitative estimate of drug-likeness (QED) is 0.608. The van der Waals surface area contributed by atoms with Crippen LogP contribution in [0.1, 0.15) is 51.6 Å². The molecule has 0 saturated carbocycles. The molecule has 0 amide bonds. The summed E-state index contributed by atoms with van der Waals surface area (Å²) in [5.41, 5.74) is 1.26. The maximum Gasteiger partial charge on any atom is 0.0624 e. The fourth-order valence-electron chi connectivity index (χ4n) is 1.54. The van der Waals surface area contributed by atoms with Crippen LogP contribution >= 0.6 is 0 Å². The molecule has 1 rings (SSSR count). The summed E-state index contributed by atoms with van der Waals surface area (Å²) in [6, 6.07) is 2.16. The van der Waals surface area contributed by atoms with Crippen LogP contribution in [0.5, 0.6) is 0 Å². The van der Waals surface area contributed by atoms with E-state index in [1.54, 1.807) is 0 Å². The summed E-state index contributed by atoms with van der Waals surface area (Å²) in [6.45, 7) is 5.52. The molecule has 14 heavy (non-hydrogen) atoms. The van der Waals surface area contributed by atoms with E-state index in [2.05, 4.69) is 35.9 Å². The molecule has 2 nitrogen and oxygen atoms in total. The van der Waals surface area contributed by atoms with Crippen LogP contribution in [-0.4, -0.2) is 9.78 Å². The van der Waals surface area contributed by atoms with Crippen molar-refractivity contribution in [3.05, 3.63) is 18.0 Å². The Balaban J connectivity index is 2.27. The highest BCUT2D eigenvalue weighted by atomic mass is 15.3. The maximum atomic E-state index is 4.54. The van der Waals surface area contributed by atoms with Crippen LogP contribution in [0.25, 0.3) is 0 Å². The van der Waals surface area contributed by atoms with E-state index in [1.807, 2.05) is 0 Å². The summed E-state index contributed by atoms with van der Waals surface area (Å²) in [6.07, 6.45) is 9.62. The predicted octanol–water partition coefficient (Wildman–Crippen LogP) is 3.42. The molecule has 0 N–H and O–H groups in total. The van der Waals surface area contributed by atoms with Crippen LogP contribution < -0.4 is 0 Å². The van der Waals surface area contributed by atoms with Gasteiger partial charge >= 0.3 is 0 Å². The third-order valence-corrected chi connectivity index (χ3v) is 2.47. The number of aryl methyl sites for hydroxylation is 2. The molecule has 0 aliphatic heterocycles. The van der Waals surface area contributed by atoms with Gasteiger partial charge in [0.1, 0.15) is 0 Å². The van der Waals surface area contributed by atoms with Gasteiger partial charge in [0.05, 0.1) is 5.69 Å². The monoisotopic (exact) mass is 194 g/mol. The lowest BCUT2D eigenvalue weighted by Gasteiger charge is -1.98. The molecule has 0 aliphatic rings. The van der Waals surface area contributed by atoms with Crippen LogP contribution in [0.2, 0.25) is 0 Å². The second kappa shape index (κ2) is 6.63. The zero-order chi connectivity index (χ0) is 10.2. The number of hydrogen-bond acceptors (Lipinski definition) is 1. The van der Waals surface area contributed by atoms with Crippen LogP contribution in [-0.2, 0) is 13.0 Å². The molecule has 0 aliphatic carbocycles. The molecule has 0 radical (unpaired) electrons. The number of unbranched alkanes of at least 4 members (excludes halogenated alkanes) is 3. The lowest BCUT2D eigenvalue weighted by atomic mass is 10.2. The Morgan fingerprint density at radius 3 is 2.64 bits per heavy atom. The fourth-order valence-corrected chi connectivity index (χ4v) is 1.54. The molecule has 0 atom stereocenters. The van der Waals surface area contributed by atoms with E-state index in [-0.39, 0.29) is 0 Å². The zero-order valence-electron chi connectivity index (χ0n) is 9.50. The second-order valence-corrected chi connectivity index (χ2v) is 3.88. The van der Waals surface area contributed by atoms with Crippen molar-refractivity contribution in [3.8, 4) is 0 Å². The van der Waals surface area contributed by atoms with Gasteiger partial charge in [0, 0.05) is 12.7 Å². The van der Waals surface area contributed by atoms with E-state index in [9.17, 15) is 0 Å². The Labute approximate surface area is 87.3 Å². The van der Waals surface area contributed by atoms with Gasteiger partial charge in [-0.3, -0.25) is 4.68 Å². The first kappa shape index (κ1) is 11.3. The lowest BCUT2D eigenvalue weighted by Crippen LogP contribution is -1.99. The van der Waals surface area contributed by atoms with Crippen molar-refractivity contribution < 1.29 is 0 Å². The molecule has 1 heterocycles. The first-order chi connectivity index (χ1) is 6.86. The molecular weight excluding hydrogens is 172 g/mol. The molecule has 0 fully saturated rings. The molecular formula is C12H22N2. The van der Waals surface area contributed by atoms with E-state index in [1.165, 1.54) is 37.8 Å². The summed E-state index contributed by atoms with van der Waals surface area (Å²) < 4.78 is 2.07. The lowest BCUT2D eigenvalue weighted by molar-refractivity contribution is 0.562. The van der Waals surface area contributed by atoms with Crippen molar-refractivity contribution in [1.82, 2.24) is 9.78 Å². The molecule has 0 spiro atoms. The second-order valence-electron chi connectivity index (χ2n) is 3.88. The van der Waals surface area contributed by atoms with Gasteiger partial charge in [-0.1, -0.05) is 33.1 Å². The van der Waals surface area contributed by atoms with Gasteiger partial charge in [-0.2, -0.15) is 5.10 Å². The van der Waals surface area contributed by atoms with Crippen LogP contribution in [0.4, 0.5) is 0 Å². The van der Waals surface area contributed by atoms with Crippen molar-refractivity contribution in [2.24, 2.45) is 0 Å². The average molecular weight is 194 g/mol. The number of aromatic nitrogens is 2. The minimum absolute atomic E-state index is 1.07. The van der Waals surface area contributed by atoms with Crippen molar-refractivity contribution in [3.63, 3.8) is 0 Å². The summed E-state index contributed by atoms with van der Waals surface area (Å²) >= 11 is 0. The van der Waals surface area contributed by atoms with Gasteiger partial charge in [0.25, 0.3) is 0 Å². The zero-order valence-corrected chi connectivity index (χ0v) is 9.50. The normalized spacial score (nSPS) is 10.7. The van der Waals surface area contributed by atoms with E-state index in [0.717, 1.165) is 13.0 Å². The number of hydrogen-bond donors (Lipinski definition) is 0. The highest BCUT2D eigenvalue weighted by Gasteiger charge is 1.97.